The van der Waals surface area contributed by atoms with Crippen molar-refractivity contribution in [3.8, 4) is 5.75 Å². The maximum Gasteiger partial charge on any atom is 0.335 e. The first-order valence-electron chi connectivity index (χ1n) is 9.77. The second-order valence-electron chi connectivity index (χ2n) is 7.12. The second-order valence-corrected chi connectivity index (χ2v) is 8.89. The van der Waals surface area contributed by atoms with Crippen LogP contribution in [0.1, 0.15) is 11.1 Å². The number of imide groups is 2. The van der Waals surface area contributed by atoms with E-state index in [0.717, 1.165) is 17.0 Å². The minimum atomic E-state index is -0.954. The lowest BCUT2D eigenvalue weighted by atomic mass is 10.1. The number of ether oxygens (including phenoxy) is 1. The number of amides is 4. The molecule has 4 amide bonds. The second kappa shape index (κ2) is 9.86. The maximum absolute atomic E-state index is 14.0. The van der Waals surface area contributed by atoms with Gasteiger partial charge in [0, 0.05) is 15.6 Å². The Kier molecular flexibility index (Phi) is 6.90. The van der Waals surface area contributed by atoms with Gasteiger partial charge in [-0.1, -0.05) is 34.1 Å². The highest BCUT2D eigenvalue weighted by atomic mass is 79.9. The highest BCUT2D eigenvalue weighted by molar-refractivity contribution is 9.11. The summed E-state index contributed by atoms with van der Waals surface area (Å²) in [7, 11) is 0. The Balaban J connectivity index is 1.72. The maximum atomic E-state index is 14.0. The highest BCUT2D eigenvalue weighted by Gasteiger charge is 2.37. The smallest absolute Gasteiger partial charge is 0.335 e. The fraction of sp³-hybridized carbons (Fsp3) is 0.0417. The van der Waals surface area contributed by atoms with Crippen LogP contribution in [0.5, 0.6) is 5.75 Å². The molecule has 172 valence electrons. The van der Waals surface area contributed by atoms with Gasteiger partial charge in [-0.25, -0.2) is 18.5 Å². The van der Waals surface area contributed by atoms with Crippen LogP contribution in [0.4, 0.5) is 19.3 Å². The van der Waals surface area contributed by atoms with E-state index < -0.39 is 29.5 Å². The number of halogens is 4. The number of rotatable bonds is 5. The van der Waals surface area contributed by atoms with Gasteiger partial charge in [0.15, 0.2) is 0 Å². The zero-order chi connectivity index (χ0) is 24.4. The number of nitrogens with zero attached hydrogens (tertiary/aromatic N) is 1. The Morgan fingerprint density at radius 2 is 1.68 bits per heavy atom. The molecule has 4 rings (SSSR count). The number of benzene rings is 3. The molecule has 10 heteroatoms. The fourth-order valence-electron chi connectivity index (χ4n) is 3.24. The average molecular weight is 592 g/mol. The van der Waals surface area contributed by atoms with Crippen molar-refractivity contribution in [2.24, 2.45) is 0 Å². The van der Waals surface area contributed by atoms with E-state index in [2.05, 4.69) is 37.2 Å². The average Bonchev–Trinajstić information content (AvgIpc) is 2.78. The third-order valence-corrected chi connectivity index (χ3v) is 5.90. The zero-order valence-corrected chi connectivity index (χ0v) is 20.3. The van der Waals surface area contributed by atoms with E-state index in [0.29, 0.717) is 20.1 Å². The van der Waals surface area contributed by atoms with Crippen LogP contribution in [0.15, 0.2) is 75.2 Å². The number of anilines is 1. The van der Waals surface area contributed by atoms with E-state index in [1.165, 1.54) is 24.3 Å². The Labute approximate surface area is 209 Å². The minimum absolute atomic E-state index is 0.0914. The molecule has 0 bridgehead atoms. The molecule has 0 aliphatic carbocycles. The molecule has 1 saturated heterocycles. The van der Waals surface area contributed by atoms with Crippen molar-refractivity contribution in [1.29, 1.82) is 0 Å². The van der Waals surface area contributed by atoms with Crippen molar-refractivity contribution in [2.75, 3.05) is 4.90 Å². The zero-order valence-electron chi connectivity index (χ0n) is 17.2. The van der Waals surface area contributed by atoms with E-state index in [1.54, 1.807) is 30.3 Å². The van der Waals surface area contributed by atoms with Gasteiger partial charge in [0.2, 0.25) is 0 Å². The normalized spacial score (nSPS) is 15.0. The number of carbonyl (C=O) groups is 3. The van der Waals surface area contributed by atoms with Crippen molar-refractivity contribution in [2.45, 2.75) is 6.61 Å². The molecule has 1 aliphatic heterocycles. The van der Waals surface area contributed by atoms with Gasteiger partial charge in [0.05, 0.1) is 10.2 Å². The predicted molar refractivity (Wildman–Crippen MR) is 128 cm³/mol. The van der Waals surface area contributed by atoms with Crippen molar-refractivity contribution < 1.29 is 27.9 Å². The molecule has 6 nitrogen and oxygen atoms in total. The van der Waals surface area contributed by atoms with E-state index in [4.69, 9.17) is 4.74 Å². The fourth-order valence-corrected chi connectivity index (χ4v) is 4.62. The largest absolute Gasteiger partial charge is 0.487 e. The van der Waals surface area contributed by atoms with Crippen LogP contribution in [0.25, 0.3) is 6.08 Å². The Bertz CT molecular complexity index is 1340. The number of nitrogens with one attached hydrogen (secondary N) is 1. The van der Waals surface area contributed by atoms with Gasteiger partial charge >= 0.3 is 6.03 Å². The first-order chi connectivity index (χ1) is 16.2. The molecular weight excluding hydrogens is 578 g/mol. The summed E-state index contributed by atoms with van der Waals surface area (Å²) in [6.07, 6.45) is 1.27. The summed E-state index contributed by atoms with van der Waals surface area (Å²) in [5.74, 6) is -2.52. The molecule has 0 atom stereocenters. The summed E-state index contributed by atoms with van der Waals surface area (Å²) in [6, 6.07) is 13.1. The van der Waals surface area contributed by atoms with Gasteiger partial charge < -0.3 is 4.74 Å². The van der Waals surface area contributed by atoms with Crippen LogP contribution in [0, 0.1) is 11.6 Å². The van der Waals surface area contributed by atoms with Crippen molar-refractivity contribution in [3.63, 3.8) is 0 Å². The lowest BCUT2D eigenvalue weighted by molar-refractivity contribution is -0.122. The quantitative estimate of drug-likeness (QED) is 0.303. The monoisotopic (exact) mass is 590 g/mol. The van der Waals surface area contributed by atoms with Crippen molar-refractivity contribution in [1.82, 2.24) is 5.32 Å². The molecule has 3 aromatic rings. The molecule has 0 saturated carbocycles. The van der Waals surface area contributed by atoms with Gasteiger partial charge in [-0.3, -0.25) is 14.9 Å². The predicted octanol–water partition coefficient (Wildman–Crippen LogP) is 5.74. The van der Waals surface area contributed by atoms with Gasteiger partial charge in [0.1, 0.15) is 29.6 Å². The number of carbonyl (C=O) groups excluding carboxylic acids is 3. The molecule has 34 heavy (non-hydrogen) atoms. The van der Waals surface area contributed by atoms with Crippen LogP contribution < -0.4 is 15.0 Å². The minimum Gasteiger partial charge on any atom is -0.487 e. The molecule has 0 radical (unpaired) electrons. The Morgan fingerprint density at radius 3 is 2.38 bits per heavy atom. The molecule has 0 unspecified atom stereocenters. The molecule has 1 fully saturated rings. The number of barbiturate groups is 1. The van der Waals surface area contributed by atoms with Crippen LogP contribution in [0.2, 0.25) is 0 Å². The molecule has 1 heterocycles. The van der Waals surface area contributed by atoms with Crippen molar-refractivity contribution >= 4 is 61.5 Å². The lowest BCUT2D eigenvalue weighted by Gasteiger charge is -2.26. The summed E-state index contributed by atoms with van der Waals surface area (Å²) in [5, 5.41) is 2.11. The van der Waals surface area contributed by atoms with Gasteiger partial charge in [-0.15, -0.1) is 0 Å². The van der Waals surface area contributed by atoms with Crippen LogP contribution >= 0.6 is 31.9 Å². The SMILES string of the molecule is O=C1NC(=O)N(c2ccc(F)cc2)C(=O)/C1=C/c1cc(Br)cc(Br)c1OCc1ccccc1F. The first-order valence-corrected chi connectivity index (χ1v) is 11.4. The van der Waals surface area contributed by atoms with E-state index in [9.17, 15) is 23.2 Å². The Hall–Kier alpha value is -3.37. The first kappa shape index (κ1) is 23.8. The highest BCUT2D eigenvalue weighted by Crippen LogP contribution is 2.36. The molecule has 1 aliphatic rings. The van der Waals surface area contributed by atoms with Crippen molar-refractivity contribution in [3.05, 3.63) is 97.9 Å². The number of hydrogen-bond acceptors (Lipinski definition) is 4. The molecule has 0 aromatic heterocycles. The summed E-state index contributed by atoms with van der Waals surface area (Å²) < 4.78 is 34.3. The third-order valence-electron chi connectivity index (χ3n) is 4.85. The molecular formula is C24H14Br2F2N2O4. The van der Waals surface area contributed by atoms with Crippen LogP contribution in [-0.4, -0.2) is 17.8 Å². The lowest BCUT2D eigenvalue weighted by Crippen LogP contribution is -2.54. The Morgan fingerprint density at radius 1 is 0.971 bits per heavy atom. The summed E-state index contributed by atoms with van der Waals surface area (Å²) in [6.45, 7) is -0.108. The van der Waals surface area contributed by atoms with Crippen LogP contribution in [0.3, 0.4) is 0 Å². The number of urea groups is 1. The molecule has 3 aromatic carbocycles. The third kappa shape index (κ3) is 4.92. The summed E-state index contributed by atoms with van der Waals surface area (Å²) in [5.41, 5.74) is 0.387. The summed E-state index contributed by atoms with van der Waals surface area (Å²) in [4.78, 5) is 38.7. The van der Waals surface area contributed by atoms with Gasteiger partial charge in [0.25, 0.3) is 11.8 Å². The van der Waals surface area contributed by atoms with Crippen LogP contribution in [-0.2, 0) is 16.2 Å². The van der Waals surface area contributed by atoms with Gasteiger partial charge in [-0.05, 0) is 64.5 Å². The van der Waals surface area contributed by atoms with E-state index in [-0.39, 0.29) is 23.6 Å². The van der Waals surface area contributed by atoms with E-state index >= 15 is 0 Å². The summed E-state index contributed by atoms with van der Waals surface area (Å²) >= 11 is 6.74. The standard InChI is InChI=1S/C24H14Br2F2N2O4/c25-15-9-14(21(19(26)11-15)34-12-13-3-1-2-4-20(13)28)10-18-22(31)29-24(33)30(23(18)32)17-7-5-16(27)6-8-17/h1-11H,12H2,(H,29,31,33)/b18-10+. The van der Waals surface area contributed by atoms with E-state index in [1.807, 2.05) is 0 Å². The number of hydrogen-bond donors (Lipinski definition) is 1. The van der Waals surface area contributed by atoms with Gasteiger partial charge in [-0.2, -0.15) is 0 Å². The molecule has 1 N–H and O–H groups in total. The molecule has 0 spiro atoms. The topological polar surface area (TPSA) is 75.7 Å².